The van der Waals surface area contributed by atoms with E-state index in [4.69, 9.17) is 5.73 Å². The summed E-state index contributed by atoms with van der Waals surface area (Å²) in [7, 11) is 0. The Kier molecular flexibility index (Phi) is 6.63. The fourth-order valence-electron chi connectivity index (χ4n) is 1.70. The molecule has 96 valence electrons. The van der Waals surface area contributed by atoms with E-state index in [1.54, 1.807) is 0 Å². The van der Waals surface area contributed by atoms with Gasteiger partial charge >= 0.3 is 0 Å². The predicted molar refractivity (Wildman–Crippen MR) is 77.6 cm³/mol. The summed E-state index contributed by atoms with van der Waals surface area (Å²) >= 11 is 1.92. The highest BCUT2D eigenvalue weighted by molar-refractivity contribution is 7.99. The van der Waals surface area contributed by atoms with Gasteiger partial charge in [0, 0.05) is 23.2 Å². The standard InChI is InChI=1S/C14H24N2S/c1-4-16(5-2)10-11-17-14-8-6-13(7-9-14)12(3)15/h6-9,12H,4-5,10-11,15H2,1-3H3. The fraction of sp³-hybridized carbons (Fsp3) is 0.571. The van der Waals surface area contributed by atoms with E-state index in [0.29, 0.717) is 0 Å². The topological polar surface area (TPSA) is 29.3 Å². The molecule has 1 aromatic carbocycles. The highest BCUT2D eigenvalue weighted by atomic mass is 32.2. The van der Waals surface area contributed by atoms with E-state index in [1.165, 1.54) is 10.5 Å². The van der Waals surface area contributed by atoms with Gasteiger partial charge in [0.05, 0.1) is 0 Å². The van der Waals surface area contributed by atoms with Crippen LogP contribution in [0.15, 0.2) is 29.2 Å². The lowest BCUT2D eigenvalue weighted by atomic mass is 10.1. The summed E-state index contributed by atoms with van der Waals surface area (Å²) in [4.78, 5) is 3.78. The second-order valence-electron chi connectivity index (χ2n) is 4.23. The zero-order chi connectivity index (χ0) is 12.7. The Morgan fingerprint density at radius 3 is 2.24 bits per heavy atom. The molecule has 0 heterocycles. The molecule has 0 spiro atoms. The molecule has 0 bridgehead atoms. The summed E-state index contributed by atoms with van der Waals surface area (Å²) in [6.07, 6.45) is 0. The average Bonchev–Trinajstić information content (AvgIpc) is 2.35. The Labute approximate surface area is 110 Å². The van der Waals surface area contributed by atoms with Gasteiger partial charge in [-0.25, -0.2) is 0 Å². The maximum Gasteiger partial charge on any atom is 0.0266 e. The average molecular weight is 252 g/mol. The van der Waals surface area contributed by atoms with Crippen LogP contribution in [0.25, 0.3) is 0 Å². The normalized spacial score (nSPS) is 13.0. The largest absolute Gasteiger partial charge is 0.324 e. The van der Waals surface area contributed by atoms with E-state index in [0.717, 1.165) is 25.4 Å². The lowest BCUT2D eigenvalue weighted by Gasteiger charge is -2.17. The highest BCUT2D eigenvalue weighted by Gasteiger charge is 2.01. The molecule has 2 nitrogen and oxygen atoms in total. The van der Waals surface area contributed by atoms with Crippen LogP contribution in [-0.2, 0) is 0 Å². The van der Waals surface area contributed by atoms with Crippen molar-refractivity contribution in [3.63, 3.8) is 0 Å². The number of rotatable bonds is 7. The SMILES string of the molecule is CCN(CC)CCSc1ccc(C(C)N)cc1. The van der Waals surface area contributed by atoms with Crippen LogP contribution in [0.1, 0.15) is 32.4 Å². The first-order valence-electron chi connectivity index (χ1n) is 6.38. The van der Waals surface area contributed by atoms with Crippen molar-refractivity contribution < 1.29 is 0 Å². The maximum absolute atomic E-state index is 5.83. The fourth-order valence-corrected chi connectivity index (χ4v) is 2.61. The van der Waals surface area contributed by atoms with Crippen LogP contribution in [0.2, 0.25) is 0 Å². The van der Waals surface area contributed by atoms with Gasteiger partial charge in [-0.1, -0.05) is 26.0 Å². The Bertz CT molecular complexity index is 305. The van der Waals surface area contributed by atoms with Gasteiger partial charge in [-0.05, 0) is 37.7 Å². The Balaban J connectivity index is 2.37. The molecule has 0 saturated heterocycles. The number of thioether (sulfide) groups is 1. The number of benzene rings is 1. The molecular formula is C14H24N2S. The third-order valence-corrected chi connectivity index (χ3v) is 3.97. The maximum atomic E-state index is 5.83. The lowest BCUT2D eigenvalue weighted by molar-refractivity contribution is 0.324. The van der Waals surface area contributed by atoms with Gasteiger partial charge in [0.1, 0.15) is 0 Å². The van der Waals surface area contributed by atoms with Crippen molar-refractivity contribution in [2.24, 2.45) is 5.73 Å². The van der Waals surface area contributed by atoms with Crippen molar-refractivity contribution >= 4 is 11.8 Å². The Morgan fingerprint density at radius 1 is 1.18 bits per heavy atom. The van der Waals surface area contributed by atoms with E-state index >= 15 is 0 Å². The molecule has 0 aliphatic rings. The molecule has 1 aromatic rings. The van der Waals surface area contributed by atoms with Crippen molar-refractivity contribution in [3.8, 4) is 0 Å². The molecule has 0 aliphatic carbocycles. The third kappa shape index (κ3) is 5.11. The molecule has 3 heteroatoms. The minimum Gasteiger partial charge on any atom is -0.324 e. The number of hydrogen-bond donors (Lipinski definition) is 1. The van der Waals surface area contributed by atoms with Crippen LogP contribution < -0.4 is 5.73 Å². The molecule has 0 aromatic heterocycles. The zero-order valence-corrected chi connectivity index (χ0v) is 12.0. The second kappa shape index (κ2) is 7.75. The Morgan fingerprint density at radius 2 is 1.76 bits per heavy atom. The summed E-state index contributed by atoms with van der Waals surface area (Å²) in [6.45, 7) is 9.88. The van der Waals surface area contributed by atoms with E-state index < -0.39 is 0 Å². The van der Waals surface area contributed by atoms with E-state index in [-0.39, 0.29) is 6.04 Å². The van der Waals surface area contributed by atoms with Gasteiger partial charge < -0.3 is 10.6 Å². The Hall–Kier alpha value is -0.510. The van der Waals surface area contributed by atoms with Gasteiger partial charge in [0.15, 0.2) is 0 Å². The van der Waals surface area contributed by atoms with Gasteiger partial charge in [-0.3, -0.25) is 0 Å². The summed E-state index contributed by atoms with van der Waals surface area (Å²) in [6, 6.07) is 8.73. The molecule has 0 radical (unpaired) electrons. The molecular weight excluding hydrogens is 228 g/mol. The quantitative estimate of drug-likeness (QED) is 0.756. The highest BCUT2D eigenvalue weighted by Crippen LogP contribution is 2.20. The van der Waals surface area contributed by atoms with Crippen molar-refractivity contribution in [2.45, 2.75) is 31.7 Å². The molecule has 2 N–H and O–H groups in total. The predicted octanol–water partition coefficient (Wildman–Crippen LogP) is 3.14. The number of nitrogens with zero attached hydrogens (tertiary/aromatic N) is 1. The van der Waals surface area contributed by atoms with E-state index in [2.05, 4.69) is 43.0 Å². The van der Waals surface area contributed by atoms with Gasteiger partial charge in [0.2, 0.25) is 0 Å². The molecule has 17 heavy (non-hydrogen) atoms. The first-order valence-corrected chi connectivity index (χ1v) is 7.36. The smallest absolute Gasteiger partial charge is 0.0266 e. The van der Waals surface area contributed by atoms with E-state index in [1.807, 2.05) is 18.7 Å². The van der Waals surface area contributed by atoms with Crippen LogP contribution in [0, 0.1) is 0 Å². The number of hydrogen-bond acceptors (Lipinski definition) is 3. The molecule has 1 rings (SSSR count). The van der Waals surface area contributed by atoms with Crippen LogP contribution in [0.3, 0.4) is 0 Å². The lowest BCUT2D eigenvalue weighted by Crippen LogP contribution is -2.25. The minimum atomic E-state index is 0.129. The van der Waals surface area contributed by atoms with Crippen LogP contribution in [-0.4, -0.2) is 30.3 Å². The van der Waals surface area contributed by atoms with Gasteiger partial charge in [0.25, 0.3) is 0 Å². The molecule has 0 amide bonds. The summed E-state index contributed by atoms with van der Waals surface area (Å²) in [5.41, 5.74) is 7.03. The molecule has 0 saturated carbocycles. The monoisotopic (exact) mass is 252 g/mol. The van der Waals surface area contributed by atoms with Crippen molar-refractivity contribution in [1.29, 1.82) is 0 Å². The first-order chi connectivity index (χ1) is 8.17. The summed E-state index contributed by atoms with van der Waals surface area (Å²) < 4.78 is 0. The molecule has 0 fully saturated rings. The van der Waals surface area contributed by atoms with Crippen molar-refractivity contribution in [1.82, 2.24) is 4.90 Å². The van der Waals surface area contributed by atoms with Gasteiger partial charge in [-0.15, -0.1) is 11.8 Å². The molecule has 1 unspecified atom stereocenters. The minimum absolute atomic E-state index is 0.129. The first kappa shape index (κ1) is 14.6. The third-order valence-electron chi connectivity index (χ3n) is 2.98. The molecule has 1 atom stereocenters. The summed E-state index contributed by atoms with van der Waals surface area (Å²) in [5, 5.41) is 0. The van der Waals surface area contributed by atoms with Crippen LogP contribution in [0.5, 0.6) is 0 Å². The molecule has 0 aliphatic heterocycles. The van der Waals surface area contributed by atoms with Crippen molar-refractivity contribution in [2.75, 3.05) is 25.4 Å². The number of nitrogens with two attached hydrogens (primary N) is 1. The van der Waals surface area contributed by atoms with Crippen molar-refractivity contribution in [3.05, 3.63) is 29.8 Å². The summed E-state index contributed by atoms with van der Waals surface area (Å²) in [5.74, 6) is 1.15. The van der Waals surface area contributed by atoms with Gasteiger partial charge in [-0.2, -0.15) is 0 Å². The van der Waals surface area contributed by atoms with E-state index in [9.17, 15) is 0 Å². The van der Waals surface area contributed by atoms with Crippen LogP contribution in [0.4, 0.5) is 0 Å². The second-order valence-corrected chi connectivity index (χ2v) is 5.40. The zero-order valence-electron chi connectivity index (χ0n) is 11.1. The van der Waals surface area contributed by atoms with Crippen LogP contribution >= 0.6 is 11.8 Å².